The summed E-state index contributed by atoms with van der Waals surface area (Å²) in [4.78, 5) is 0. The molecular formula is H8AlCl5Ti. The molecular weight excluding hydrogens is 252 g/mol. The van der Waals surface area contributed by atoms with Gasteiger partial charge in [-0.25, -0.2) is 0 Å². The quantitative estimate of drug-likeness (QED) is 0.568. The zero-order valence-electron chi connectivity index (χ0n) is 2.54. The Balaban J connectivity index is 0. The van der Waals surface area contributed by atoms with Crippen molar-refractivity contribution >= 4 is 79.4 Å². The third-order valence-corrected chi connectivity index (χ3v) is 0. The van der Waals surface area contributed by atoms with Crippen LogP contribution in [0.3, 0.4) is 0 Å². The molecule has 0 rings (SSSR count). The third-order valence-electron chi connectivity index (χ3n) is 0. The second-order valence-corrected chi connectivity index (χ2v) is 0. The van der Waals surface area contributed by atoms with Crippen LogP contribution in [-0.2, 0) is 21.7 Å². The van der Waals surface area contributed by atoms with E-state index in [9.17, 15) is 0 Å². The molecule has 0 nitrogen and oxygen atoms in total. The van der Waals surface area contributed by atoms with Crippen LogP contribution < -0.4 is 0 Å². The van der Waals surface area contributed by atoms with E-state index in [4.69, 9.17) is 0 Å². The van der Waals surface area contributed by atoms with E-state index in [1.54, 1.807) is 0 Å². The van der Waals surface area contributed by atoms with Crippen molar-refractivity contribution in [2.75, 3.05) is 0 Å². The minimum absolute atomic E-state index is 0. The summed E-state index contributed by atoms with van der Waals surface area (Å²) in [5.74, 6) is 0. The van der Waals surface area contributed by atoms with Gasteiger partial charge in [0.2, 0.25) is 0 Å². The summed E-state index contributed by atoms with van der Waals surface area (Å²) in [6, 6.07) is 0. The molecule has 0 saturated heterocycles. The molecule has 0 aromatic carbocycles. The van der Waals surface area contributed by atoms with Gasteiger partial charge in [-0.05, 0) is 0 Å². The van der Waals surface area contributed by atoms with Crippen molar-refractivity contribution in [1.82, 2.24) is 0 Å². The van der Waals surface area contributed by atoms with E-state index in [-0.39, 0.29) is 101 Å². The molecule has 0 atom stereocenters. The van der Waals surface area contributed by atoms with E-state index in [1.165, 1.54) is 0 Å². The van der Waals surface area contributed by atoms with E-state index in [0.717, 1.165) is 0 Å². The van der Waals surface area contributed by atoms with Gasteiger partial charge in [0, 0.05) is 21.7 Å². The van der Waals surface area contributed by atoms with Crippen molar-refractivity contribution in [3.63, 3.8) is 0 Å². The molecule has 0 aromatic heterocycles. The van der Waals surface area contributed by atoms with Gasteiger partial charge < -0.3 is 0 Å². The van der Waals surface area contributed by atoms with Gasteiger partial charge in [0.25, 0.3) is 0 Å². The zero-order chi connectivity index (χ0) is 0. The predicted molar refractivity (Wildman–Crippen MR) is 46.2 cm³/mol. The van der Waals surface area contributed by atoms with Crippen LogP contribution in [0.1, 0.15) is 0 Å². The first-order chi connectivity index (χ1) is 0. The molecule has 7 heteroatoms. The Kier molecular flexibility index (Phi) is 1020. The summed E-state index contributed by atoms with van der Waals surface area (Å²) < 4.78 is 0. The van der Waals surface area contributed by atoms with Gasteiger partial charge in [0.15, 0.2) is 17.4 Å². The van der Waals surface area contributed by atoms with Crippen molar-refractivity contribution in [3.8, 4) is 0 Å². The van der Waals surface area contributed by atoms with Gasteiger partial charge in [-0.2, -0.15) is 0 Å². The smallest absolute Gasteiger partial charge is 0.147 e. The van der Waals surface area contributed by atoms with Crippen molar-refractivity contribution in [2.24, 2.45) is 0 Å². The maximum Gasteiger partial charge on any atom is 0.187 e. The molecule has 0 aliphatic rings. The zero-order valence-corrected chi connectivity index (χ0v) is 8.19. The van der Waals surface area contributed by atoms with Crippen molar-refractivity contribution in [3.05, 3.63) is 0 Å². The Hall–Kier alpha value is 2.70. The number of hydrogen-bond donors (Lipinski definition) is 0. The van der Waals surface area contributed by atoms with E-state index < -0.39 is 0 Å². The molecule has 0 aliphatic carbocycles. The summed E-state index contributed by atoms with van der Waals surface area (Å²) in [5, 5.41) is 0. The van der Waals surface area contributed by atoms with Gasteiger partial charge >= 0.3 is 0 Å². The van der Waals surface area contributed by atoms with E-state index in [0.29, 0.717) is 0 Å². The summed E-state index contributed by atoms with van der Waals surface area (Å²) in [5.41, 5.74) is 0. The van der Waals surface area contributed by atoms with E-state index in [1.807, 2.05) is 0 Å². The van der Waals surface area contributed by atoms with Crippen LogP contribution in [0.4, 0.5) is 0 Å². The Morgan fingerprint density at radius 2 is 0.429 bits per heavy atom. The molecule has 0 aliphatic heterocycles. The first kappa shape index (κ1) is 101. The minimum atomic E-state index is 0. The molecule has 0 radical (unpaired) electrons. The van der Waals surface area contributed by atoms with Gasteiger partial charge in [0.1, 0.15) is 0 Å². The predicted octanol–water partition coefficient (Wildman–Crippen LogP) is 0.923. The van der Waals surface area contributed by atoms with Crippen LogP contribution in [0.5, 0.6) is 0 Å². The largest absolute Gasteiger partial charge is 0.187 e. The average Bonchev–Trinajstić information content (AvgIpc) is 0. The molecule has 0 heterocycles. The monoisotopic (exact) mass is 258 g/mol. The molecule has 0 bridgehead atoms. The minimum Gasteiger partial charge on any atom is -0.147 e. The first-order valence-corrected chi connectivity index (χ1v) is 0. The third kappa shape index (κ3) is 53.6. The van der Waals surface area contributed by atoms with Gasteiger partial charge in [-0.3, -0.25) is 0 Å². The van der Waals surface area contributed by atoms with Crippen LogP contribution in [0.15, 0.2) is 0 Å². The van der Waals surface area contributed by atoms with Crippen LogP contribution >= 0.6 is 62.0 Å². The molecule has 7 heavy (non-hydrogen) atoms. The van der Waals surface area contributed by atoms with Crippen LogP contribution in [0, 0.1) is 0 Å². The molecule has 0 unspecified atom stereocenters. The number of hydrogen-bond acceptors (Lipinski definition) is 0. The van der Waals surface area contributed by atoms with Crippen molar-refractivity contribution < 1.29 is 21.7 Å². The molecule has 0 spiro atoms. The average molecular weight is 260 g/mol. The Bertz CT molecular complexity index is 8.04. The van der Waals surface area contributed by atoms with E-state index >= 15 is 0 Å². The fraction of sp³-hybridized carbons (Fsp3) is 0. The SMILES string of the molecule is Cl.Cl.Cl.Cl.Cl.[AlH3].[Ti]. The standard InChI is InChI=1S/Al.5ClH.Ti.3H/h;5*1H;;;;. The summed E-state index contributed by atoms with van der Waals surface area (Å²) in [6.45, 7) is 0. The Morgan fingerprint density at radius 3 is 0.429 bits per heavy atom. The Morgan fingerprint density at radius 1 is 0.429 bits per heavy atom. The fourth-order valence-electron chi connectivity index (χ4n) is 0. The number of rotatable bonds is 0. The molecule has 50 valence electrons. The van der Waals surface area contributed by atoms with Crippen LogP contribution in [0.2, 0.25) is 0 Å². The van der Waals surface area contributed by atoms with Crippen LogP contribution in [-0.4, -0.2) is 17.4 Å². The van der Waals surface area contributed by atoms with Crippen molar-refractivity contribution in [2.45, 2.75) is 0 Å². The maximum atomic E-state index is 0. The Labute approximate surface area is 100 Å². The fourth-order valence-corrected chi connectivity index (χ4v) is 0. The van der Waals surface area contributed by atoms with Gasteiger partial charge in [-0.1, -0.05) is 0 Å². The topological polar surface area (TPSA) is 0 Å². The second kappa shape index (κ2) is 70.8. The number of halogens is 5. The molecule has 0 N–H and O–H groups in total. The van der Waals surface area contributed by atoms with E-state index in [2.05, 4.69) is 0 Å². The molecule has 0 saturated carbocycles. The second-order valence-electron chi connectivity index (χ2n) is 0. The molecule has 0 amide bonds. The van der Waals surface area contributed by atoms with Crippen LogP contribution in [0.25, 0.3) is 0 Å². The van der Waals surface area contributed by atoms with Gasteiger partial charge in [-0.15, -0.1) is 62.0 Å². The first-order valence-electron chi connectivity index (χ1n) is 0. The maximum absolute atomic E-state index is 0. The van der Waals surface area contributed by atoms with Gasteiger partial charge in [0.05, 0.1) is 0 Å². The summed E-state index contributed by atoms with van der Waals surface area (Å²) in [7, 11) is 0. The normalized spacial score (nSPS) is 0. The molecule has 0 fully saturated rings. The van der Waals surface area contributed by atoms with Crippen molar-refractivity contribution in [1.29, 1.82) is 0 Å². The summed E-state index contributed by atoms with van der Waals surface area (Å²) >= 11 is 0. The molecule has 0 aromatic rings. The summed E-state index contributed by atoms with van der Waals surface area (Å²) in [6.07, 6.45) is 0.